The summed E-state index contributed by atoms with van der Waals surface area (Å²) in [5.41, 5.74) is -0.214. The van der Waals surface area contributed by atoms with Crippen LogP contribution in [0.25, 0.3) is 0 Å². The molecule has 8 nitrogen and oxygen atoms in total. The van der Waals surface area contributed by atoms with Crippen molar-refractivity contribution in [3.63, 3.8) is 0 Å². The number of alkyl halides is 3. The van der Waals surface area contributed by atoms with Gasteiger partial charge in [-0.3, -0.25) is 4.79 Å². The highest BCUT2D eigenvalue weighted by molar-refractivity contribution is 5.89. The monoisotopic (exact) mass is 599 g/mol. The van der Waals surface area contributed by atoms with Crippen molar-refractivity contribution in [1.29, 1.82) is 0 Å². The lowest BCUT2D eigenvalue weighted by atomic mass is 9.72. The molecular formula is C32H36F3N3O5. The number of likely N-dealkylation sites (tertiary alicyclic amines) is 1. The topological polar surface area (TPSA) is 101 Å². The number of hydrogen-bond acceptors (Lipinski definition) is 6. The molecule has 11 heteroatoms. The smallest absolute Gasteiger partial charge is 0.417 e. The van der Waals surface area contributed by atoms with Gasteiger partial charge in [-0.2, -0.15) is 13.2 Å². The molecule has 0 bridgehead atoms. The minimum atomic E-state index is -4.62. The van der Waals surface area contributed by atoms with E-state index >= 15 is 0 Å². The van der Waals surface area contributed by atoms with Gasteiger partial charge in [-0.1, -0.05) is 81.4 Å². The molecule has 4 rings (SSSR count). The highest BCUT2D eigenvalue weighted by Crippen LogP contribution is 2.49. The number of amides is 1. The first-order chi connectivity index (χ1) is 20.3. The summed E-state index contributed by atoms with van der Waals surface area (Å²) in [5.74, 6) is -2.39. The summed E-state index contributed by atoms with van der Waals surface area (Å²) in [5, 5.41) is 14.0. The predicted molar refractivity (Wildman–Crippen MR) is 153 cm³/mol. The van der Waals surface area contributed by atoms with Crippen molar-refractivity contribution in [2.24, 2.45) is 11.3 Å². The summed E-state index contributed by atoms with van der Waals surface area (Å²) in [6, 6.07) is 16.0. The van der Waals surface area contributed by atoms with Gasteiger partial charge in [0.25, 0.3) is 5.91 Å². The molecule has 2 aromatic carbocycles. The van der Waals surface area contributed by atoms with Crippen LogP contribution >= 0.6 is 0 Å². The molecule has 5 atom stereocenters. The second kappa shape index (κ2) is 12.7. The number of halogens is 3. The molecule has 1 aliphatic rings. The third-order valence-electron chi connectivity index (χ3n) is 7.85. The number of benzene rings is 2. The zero-order chi connectivity index (χ0) is 31.5. The van der Waals surface area contributed by atoms with Crippen molar-refractivity contribution in [2.75, 3.05) is 14.2 Å². The van der Waals surface area contributed by atoms with Gasteiger partial charge >= 0.3 is 12.1 Å². The van der Waals surface area contributed by atoms with E-state index in [2.05, 4.69) is 10.3 Å². The fraction of sp³-hybridized carbons (Fsp3) is 0.406. The average molecular weight is 600 g/mol. The standard InChI is InChI=1S/C32H36F3N3O5/c1-31(2,3)23-24(36-17-21-16-22(32(33,34)35)18-37-28(21)43-5)25(19-12-8-6-9-13-19)38(26(23)30(40)41)29(39)27(42-4)20-14-10-7-11-15-20/h6-16,18,23-27,36H,17H2,1-5H3,(H,40,41)/t23-,24-,25-,26-,27+/m0/s1. The maximum atomic E-state index is 14.4. The third-order valence-corrected chi connectivity index (χ3v) is 7.85. The van der Waals surface area contributed by atoms with Gasteiger partial charge in [0.2, 0.25) is 5.88 Å². The average Bonchev–Trinajstić information content (AvgIpc) is 3.33. The molecule has 0 unspecified atom stereocenters. The molecule has 0 aliphatic carbocycles. The van der Waals surface area contributed by atoms with Gasteiger partial charge in [0.1, 0.15) is 6.04 Å². The molecule has 0 saturated carbocycles. The van der Waals surface area contributed by atoms with Gasteiger partial charge in [0.05, 0.1) is 18.7 Å². The van der Waals surface area contributed by atoms with E-state index in [1.54, 1.807) is 54.6 Å². The Kier molecular flexibility index (Phi) is 9.46. The van der Waals surface area contributed by atoms with Crippen molar-refractivity contribution in [1.82, 2.24) is 15.2 Å². The highest BCUT2D eigenvalue weighted by Gasteiger charge is 2.58. The van der Waals surface area contributed by atoms with E-state index in [4.69, 9.17) is 9.47 Å². The van der Waals surface area contributed by atoms with E-state index in [1.165, 1.54) is 19.1 Å². The molecule has 230 valence electrons. The van der Waals surface area contributed by atoms with Crippen LogP contribution in [0.4, 0.5) is 13.2 Å². The predicted octanol–water partition coefficient (Wildman–Crippen LogP) is 5.65. The van der Waals surface area contributed by atoms with Gasteiger partial charge in [0.15, 0.2) is 6.10 Å². The first kappa shape index (κ1) is 32.0. The molecule has 1 amide bonds. The van der Waals surface area contributed by atoms with Crippen LogP contribution < -0.4 is 10.1 Å². The van der Waals surface area contributed by atoms with Gasteiger partial charge in [-0.25, -0.2) is 9.78 Å². The number of ether oxygens (including phenoxy) is 2. The highest BCUT2D eigenvalue weighted by atomic mass is 19.4. The molecule has 2 heterocycles. The first-order valence-electron chi connectivity index (χ1n) is 13.8. The maximum absolute atomic E-state index is 14.4. The number of hydrogen-bond donors (Lipinski definition) is 2. The van der Waals surface area contributed by atoms with Crippen molar-refractivity contribution in [2.45, 2.75) is 57.7 Å². The summed E-state index contributed by atoms with van der Waals surface area (Å²) in [4.78, 5) is 32.7. The summed E-state index contributed by atoms with van der Waals surface area (Å²) < 4.78 is 51.6. The van der Waals surface area contributed by atoms with E-state index < -0.39 is 59.2 Å². The molecular weight excluding hydrogens is 563 g/mol. The second-order valence-corrected chi connectivity index (χ2v) is 11.6. The van der Waals surface area contributed by atoms with Crippen molar-refractivity contribution in [3.05, 3.63) is 95.2 Å². The van der Waals surface area contributed by atoms with Crippen LogP contribution in [0.5, 0.6) is 5.88 Å². The van der Waals surface area contributed by atoms with E-state index in [9.17, 15) is 27.9 Å². The number of carboxylic acid groups (broad SMARTS) is 1. The van der Waals surface area contributed by atoms with E-state index in [0.29, 0.717) is 17.3 Å². The van der Waals surface area contributed by atoms with Crippen molar-refractivity contribution in [3.8, 4) is 5.88 Å². The minimum absolute atomic E-state index is 0.00769. The molecule has 43 heavy (non-hydrogen) atoms. The second-order valence-electron chi connectivity index (χ2n) is 11.6. The molecule has 1 aliphatic heterocycles. The molecule has 0 radical (unpaired) electrons. The number of rotatable bonds is 9. The molecule has 1 saturated heterocycles. The van der Waals surface area contributed by atoms with Gasteiger partial charge in [-0.05, 0) is 22.6 Å². The minimum Gasteiger partial charge on any atom is -0.481 e. The Morgan fingerprint density at radius 3 is 2.14 bits per heavy atom. The summed E-state index contributed by atoms with van der Waals surface area (Å²) in [6.45, 7) is 5.53. The number of methoxy groups -OCH3 is 2. The Morgan fingerprint density at radius 2 is 1.63 bits per heavy atom. The Morgan fingerprint density at radius 1 is 1.02 bits per heavy atom. The Bertz CT molecular complexity index is 1410. The Hall–Kier alpha value is -3.96. The number of nitrogens with zero attached hydrogens (tertiary/aromatic N) is 2. The molecule has 3 aromatic rings. The van der Waals surface area contributed by atoms with Crippen LogP contribution in [-0.2, 0) is 27.0 Å². The van der Waals surface area contributed by atoms with Gasteiger partial charge in [-0.15, -0.1) is 0 Å². The van der Waals surface area contributed by atoms with E-state index in [-0.39, 0.29) is 18.0 Å². The number of carboxylic acids is 1. The molecule has 1 aromatic heterocycles. The summed E-state index contributed by atoms with van der Waals surface area (Å²) in [6.07, 6.45) is -4.99. The van der Waals surface area contributed by atoms with Crippen LogP contribution in [0, 0.1) is 11.3 Å². The normalized spacial score (nSPS) is 21.4. The lowest BCUT2D eigenvalue weighted by molar-refractivity contribution is -0.157. The van der Waals surface area contributed by atoms with Crippen LogP contribution in [0.2, 0.25) is 0 Å². The zero-order valence-electron chi connectivity index (χ0n) is 24.6. The van der Waals surface area contributed by atoms with Crippen LogP contribution in [0.3, 0.4) is 0 Å². The SMILES string of the molecule is COc1ncc(C(F)(F)F)cc1CN[C@H]1[C@H](C(C)(C)C)[C@@H](C(=O)O)N(C(=O)[C@H](OC)c2ccccc2)[C@H]1c1ccccc1. The Labute approximate surface area is 248 Å². The maximum Gasteiger partial charge on any atom is 0.417 e. The lowest BCUT2D eigenvalue weighted by Crippen LogP contribution is -2.49. The number of nitrogens with one attached hydrogen (secondary N) is 1. The van der Waals surface area contributed by atoms with Crippen LogP contribution in [0.1, 0.15) is 55.2 Å². The van der Waals surface area contributed by atoms with Gasteiger partial charge in [0, 0.05) is 37.4 Å². The summed E-state index contributed by atoms with van der Waals surface area (Å²) >= 11 is 0. The van der Waals surface area contributed by atoms with Crippen LogP contribution in [-0.4, -0.2) is 53.2 Å². The number of carbonyl (C=O) groups excluding carboxylic acids is 1. The van der Waals surface area contributed by atoms with Crippen molar-refractivity contribution >= 4 is 11.9 Å². The first-order valence-corrected chi connectivity index (χ1v) is 13.8. The molecule has 2 N–H and O–H groups in total. The number of carbonyl (C=O) groups is 2. The van der Waals surface area contributed by atoms with E-state index in [1.807, 2.05) is 26.8 Å². The molecule has 0 spiro atoms. The van der Waals surface area contributed by atoms with Crippen LogP contribution in [0.15, 0.2) is 72.9 Å². The fourth-order valence-corrected chi connectivity index (χ4v) is 6.06. The zero-order valence-corrected chi connectivity index (χ0v) is 24.6. The largest absolute Gasteiger partial charge is 0.481 e. The van der Waals surface area contributed by atoms with E-state index in [0.717, 1.165) is 6.07 Å². The number of aromatic nitrogens is 1. The quantitative estimate of drug-likeness (QED) is 0.328. The fourth-order valence-electron chi connectivity index (χ4n) is 6.06. The van der Waals surface area contributed by atoms with Gasteiger partial charge < -0.3 is 24.8 Å². The summed E-state index contributed by atoms with van der Waals surface area (Å²) in [7, 11) is 2.71. The lowest BCUT2D eigenvalue weighted by Gasteiger charge is -2.35. The Balaban J connectivity index is 1.86. The van der Waals surface area contributed by atoms with Crippen molar-refractivity contribution < 1.29 is 37.3 Å². The molecule has 1 fully saturated rings. The third kappa shape index (κ3) is 6.67. The number of pyridine rings is 1. The number of aliphatic carboxylic acids is 1.